The number of sulfone groups is 1. The van der Waals surface area contributed by atoms with E-state index >= 15 is 0 Å². The van der Waals surface area contributed by atoms with Crippen LogP contribution in [0.3, 0.4) is 0 Å². The normalized spacial score (nSPS) is 22.9. The van der Waals surface area contributed by atoms with Gasteiger partial charge >= 0.3 is 0 Å². The number of hydrogen-bond acceptors (Lipinski definition) is 4. The van der Waals surface area contributed by atoms with E-state index in [4.69, 9.17) is 10.5 Å². The lowest BCUT2D eigenvalue weighted by Crippen LogP contribution is -2.42. The molecule has 0 spiro atoms. The highest BCUT2D eigenvalue weighted by atomic mass is 32.2. The van der Waals surface area contributed by atoms with Gasteiger partial charge in [0.2, 0.25) is 0 Å². The number of rotatable bonds is 4. The SMILES string of the molecule is CC(C)CCS(=O)(=O)C1COc2ccccc2C1N. The summed E-state index contributed by atoms with van der Waals surface area (Å²) in [7, 11) is -3.22. The van der Waals surface area contributed by atoms with Gasteiger partial charge in [-0.25, -0.2) is 8.42 Å². The minimum Gasteiger partial charge on any atom is -0.492 e. The Morgan fingerprint density at radius 1 is 1.37 bits per heavy atom. The van der Waals surface area contributed by atoms with Crippen molar-refractivity contribution in [2.75, 3.05) is 12.4 Å². The van der Waals surface area contributed by atoms with Gasteiger partial charge in [-0.2, -0.15) is 0 Å². The minimum absolute atomic E-state index is 0.151. The Labute approximate surface area is 114 Å². The third-order valence-corrected chi connectivity index (χ3v) is 5.68. The van der Waals surface area contributed by atoms with Gasteiger partial charge in [0.25, 0.3) is 0 Å². The van der Waals surface area contributed by atoms with E-state index in [1.807, 2.05) is 38.1 Å². The van der Waals surface area contributed by atoms with Crippen LogP contribution in [0.25, 0.3) is 0 Å². The van der Waals surface area contributed by atoms with Crippen molar-refractivity contribution in [3.05, 3.63) is 29.8 Å². The molecule has 5 heteroatoms. The van der Waals surface area contributed by atoms with Crippen molar-refractivity contribution in [2.24, 2.45) is 11.7 Å². The number of para-hydroxylation sites is 1. The van der Waals surface area contributed by atoms with E-state index in [0.717, 1.165) is 5.56 Å². The predicted molar refractivity (Wildman–Crippen MR) is 75.9 cm³/mol. The van der Waals surface area contributed by atoms with E-state index in [0.29, 0.717) is 18.1 Å². The van der Waals surface area contributed by atoms with Gasteiger partial charge in [-0.3, -0.25) is 0 Å². The van der Waals surface area contributed by atoms with E-state index in [9.17, 15) is 8.42 Å². The van der Waals surface area contributed by atoms with Crippen molar-refractivity contribution in [3.63, 3.8) is 0 Å². The van der Waals surface area contributed by atoms with Gasteiger partial charge in [-0.1, -0.05) is 32.0 Å². The summed E-state index contributed by atoms with van der Waals surface area (Å²) in [4.78, 5) is 0. The molecular weight excluding hydrogens is 262 g/mol. The van der Waals surface area contributed by atoms with Crippen LogP contribution in [0.1, 0.15) is 31.9 Å². The van der Waals surface area contributed by atoms with Gasteiger partial charge < -0.3 is 10.5 Å². The van der Waals surface area contributed by atoms with Crippen LogP contribution in [0.15, 0.2) is 24.3 Å². The average molecular weight is 283 g/mol. The number of benzene rings is 1. The highest BCUT2D eigenvalue weighted by Gasteiger charge is 2.37. The van der Waals surface area contributed by atoms with Gasteiger partial charge in [0.1, 0.15) is 17.6 Å². The number of hydrogen-bond donors (Lipinski definition) is 1. The molecule has 2 atom stereocenters. The third kappa shape index (κ3) is 3.09. The van der Waals surface area contributed by atoms with E-state index in [-0.39, 0.29) is 12.4 Å². The van der Waals surface area contributed by atoms with Crippen LogP contribution in [0.4, 0.5) is 0 Å². The Bertz CT molecular complexity index is 539. The first-order chi connectivity index (χ1) is 8.92. The molecule has 0 fully saturated rings. The van der Waals surface area contributed by atoms with E-state index in [1.54, 1.807) is 0 Å². The van der Waals surface area contributed by atoms with Crippen LogP contribution < -0.4 is 10.5 Å². The first kappa shape index (κ1) is 14.3. The van der Waals surface area contributed by atoms with Crippen molar-refractivity contribution < 1.29 is 13.2 Å². The van der Waals surface area contributed by atoms with Gasteiger partial charge in [0.05, 0.1) is 11.8 Å². The lowest BCUT2D eigenvalue weighted by Gasteiger charge is -2.30. The molecule has 4 nitrogen and oxygen atoms in total. The standard InChI is InChI=1S/C14H21NO3S/c1-10(2)7-8-19(16,17)13-9-18-12-6-4-3-5-11(12)14(13)15/h3-6,10,13-14H,7-9,15H2,1-2H3. The summed E-state index contributed by atoms with van der Waals surface area (Å²) in [5.74, 6) is 1.24. The van der Waals surface area contributed by atoms with Crippen LogP contribution >= 0.6 is 0 Å². The molecule has 0 saturated heterocycles. The van der Waals surface area contributed by atoms with Gasteiger partial charge in [0, 0.05) is 5.56 Å². The largest absolute Gasteiger partial charge is 0.492 e. The maximum absolute atomic E-state index is 12.4. The van der Waals surface area contributed by atoms with Crippen molar-refractivity contribution in [1.29, 1.82) is 0 Å². The minimum atomic E-state index is -3.22. The predicted octanol–water partition coefficient (Wildman–Crippen LogP) is 1.91. The number of nitrogens with two attached hydrogens (primary N) is 1. The molecule has 1 aliphatic heterocycles. The summed E-state index contributed by atoms with van der Waals surface area (Å²) in [5.41, 5.74) is 6.91. The fraction of sp³-hybridized carbons (Fsp3) is 0.571. The Morgan fingerprint density at radius 2 is 2.05 bits per heavy atom. The molecule has 0 bridgehead atoms. The fourth-order valence-corrected chi connectivity index (χ4v) is 4.21. The Kier molecular flexibility index (Phi) is 4.16. The van der Waals surface area contributed by atoms with Crippen LogP contribution in [-0.4, -0.2) is 26.0 Å². The van der Waals surface area contributed by atoms with E-state index < -0.39 is 21.1 Å². The van der Waals surface area contributed by atoms with Gasteiger partial charge in [-0.05, 0) is 18.4 Å². The molecule has 0 saturated carbocycles. The van der Waals surface area contributed by atoms with E-state index in [2.05, 4.69) is 0 Å². The molecule has 1 aliphatic rings. The Hall–Kier alpha value is -1.07. The van der Waals surface area contributed by atoms with Crippen LogP contribution in [0.2, 0.25) is 0 Å². The smallest absolute Gasteiger partial charge is 0.158 e. The van der Waals surface area contributed by atoms with Crippen molar-refractivity contribution in [1.82, 2.24) is 0 Å². The second-order valence-electron chi connectivity index (χ2n) is 5.46. The Balaban J connectivity index is 2.20. The summed E-state index contributed by atoms with van der Waals surface area (Å²) in [6, 6.07) is 6.88. The molecule has 0 radical (unpaired) electrons. The monoisotopic (exact) mass is 283 g/mol. The zero-order valence-corrected chi connectivity index (χ0v) is 12.2. The highest BCUT2D eigenvalue weighted by Crippen LogP contribution is 2.33. The third-order valence-electron chi connectivity index (χ3n) is 3.52. The summed E-state index contributed by atoms with van der Waals surface area (Å²) in [6.07, 6.45) is 0.660. The molecule has 106 valence electrons. The molecule has 0 aliphatic carbocycles. The molecular formula is C14H21NO3S. The summed E-state index contributed by atoms with van der Waals surface area (Å²) >= 11 is 0. The first-order valence-corrected chi connectivity index (χ1v) is 8.32. The van der Waals surface area contributed by atoms with Crippen LogP contribution in [0, 0.1) is 5.92 Å². The molecule has 2 rings (SSSR count). The van der Waals surface area contributed by atoms with E-state index in [1.165, 1.54) is 0 Å². The maximum atomic E-state index is 12.4. The van der Waals surface area contributed by atoms with Crippen molar-refractivity contribution in [3.8, 4) is 5.75 Å². The first-order valence-electron chi connectivity index (χ1n) is 6.60. The Morgan fingerprint density at radius 3 is 2.74 bits per heavy atom. The molecule has 19 heavy (non-hydrogen) atoms. The zero-order chi connectivity index (χ0) is 14.0. The quantitative estimate of drug-likeness (QED) is 0.916. The number of fused-ring (bicyclic) bond motifs is 1. The topological polar surface area (TPSA) is 69.4 Å². The van der Waals surface area contributed by atoms with Gasteiger partial charge in [-0.15, -0.1) is 0 Å². The molecule has 2 N–H and O–H groups in total. The molecule has 1 heterocycles. The molecule has 1 aromatic carbocycles. The second-order valence-corrected chi connectivity index (χ2v) is 7.80. The van der Waals surface area contributed by atoms with Crippen molar-refractivity contribution in [2.45, 2.75) is 31.6 Å². The van der Waals surface area contributed by atoms with Gasteiger partial charge in [0.15, 0.2) is 9.84 Å². The fourth-order valence-electron chi connectivity index (χ4n) is 2.24. The molecule has 0 aromatic heterocycles. The second kappa shape index (κ2) is 5.51. The number of ether oxygens (including phenoxy) is 1. The maximum Gasteiger partial charge on any atom is 0.158 e. The zero-order valence-electron chi connectivity index (χ0n) is 11.4. The molecule has 0 amide bonds. The summed E-state index contributed by atoms with van der Waals surface area (Å²) < 4.78 is 30.2. The van der Waals surface area contributed by atoms with Crippen LogP contribution in [-0.2, 0) is 9.84 Å². The molecule has 2 unspecified atom stereocenters. The van der Waals surface area contributed by atoms with Crippen LogP contribution in [0.5, 0.6) is 5.75 Å². The lowest BCUT2D eigenvalue weighted by molar-refractivity contribution is 0.270. The summed E-state index contributed by atoms with van der Waals surface area (Å²) in [6.45, 7) is 4.18. The van der Waals surface area contributed by atoms with Crippen molar-refractivity contribution >= 4 is 9.84 Å². The molecule has 1 aromatic rings. The highest BCUT2D eigenvalue weighted by molar-refractivity contribution is 7.92. The average Bonchev–Trinajstić information content (AvgIpc) is 2.37. The lowest BCUT2D eigenvalue weighted by atomic mass is 10.0. The summed E-state index contributed by atoms with van der Waals surface area (Å²) in [5, 5.41) is -0.638.